The molecule has 4 rings (SSSR count). The summed E-state index contributed by atoms with van der Waals surface area (Å²) in [6, 6.07) is 11.2. The van der Waals surface area contributed by atoms with Gasteiger partial charge in [-0.3, -0.25) is 4.79 Å². The molecule has 0 saturated heterocycles. The molecule has 3 N–H and O–H groups in total. The van der Waals surface area contributed by atoms with Crippen molar-refractivity contribution >= 4 is 17.7 Å². The third-order valence-corrected chi connectivity index (χ3v) is 6.92. The maximum absolute atomic E-state index is 13.0. The van der Waals surface area contributed by atoms with Crippen molar-refractivity contribution < 1.29 is 19.4 Å². The lowest BCUT2D eigenvalue weighted by atomic mass is 9.90. The number of pyridine rings is 1. The molecule has 1 amide bonds. The van der Waals surface area contributed by atoms with Gasteiger partial charge < -0.3 is 20.5 Å². The van der Waals surface area contributed by atoms with E-state index >= 15 is 0 Å². The fourth-order valence-electron chi connectivity index (χ4n) is 4.73. The van der Waals surface area contributed by atoms with E-state index in [1.807, 2.05) is 31.2 Å². The van der Waals surface area contributed by atoms with Crippen LogP contribution in [0.25, 0.3) is 0 Å². The number of rotatable bonds is 12. The third-order valence-electron chi connectivity index (χ3n) is 6.92. The highest BCUT2D eigenvalue weighted by Crippen LogP contribution is 2.49. The van der Waals surface area contributed by atoms with E-state index in [1.54, 1.807) is 0 Å². The Hall–Kier alpha value is -2.93. The van der Waals surface area contributed by atoms with Gasteiger partial charge in [-0.1, -0.05) is 30.3 Å². The van der Waals surface area contributed by atoms with Gasteiger partial charge in [-0.25, -0.2) is 9.78 Å². The van der Waals surface area contributed by atoms with Crippen LogP contribution in [0.3, 0.4) is 0 Å². The lowest BCUT2D eigenvalue weighted by Gasteiger charge is -2.21. The topological polar surface area (TPSA) is 101 Å². The Labute approximate surface area is 201 Å². The van der Waals surface area contributed by atoms with Crippen molar-refractivity contribution in [2.45, 2.75) is 69.7 Å². The van der Waals surface area contributed by atoms with E-state index in [2.05, 4.69) is 22.8 Å². The number of anilines is 1. The first kappa shape index (κ1) is 24.2. The minimum absolute atomic E-state index is 0.193. The van der Waals surface area contributed by atoms with E-state index in [-0.39, 0.29) is 12.3 Å². The maximum Gasteiger partial charge on any atom is 0.326 e. The first-order valence-electron chi connectivity index (χ1n) is 12.4. The molecular formula is C27H35N3O4. The number of hydrogen-bond donors (Lipinski definition) is 3. The number of carboxylic acids is 1. The van der Waals surface area contributed by atoms with E-state index in [4.69, 9.17) is 9.72 Å². The van der Waals surface area contributed by atoms with Crippen molar-refractivity contribution in [2.75, 3.05) is 25.1 Å². The lowest BCUT2D eigenvalue weighted by Crippen LogP contribution is -2.46. The Kier molecular flexibility index (Phi) is 7.83. The summed E-state index contributed by atoms with van der Waals surface area (Å²) in [6.07, 6.45) is 6.75. The quantitative estimate of drug-likeness (QED) is 0.413. The van der Waals surface area contributed by atoms with Crippen LogP contribution in [-0.2, 0) is 32.6 Å². The first-order valence-corrected chi connectivity index (χ1v) is 12.4. The molecule has 1 aromatic heterocycles. The molecule has 34 heavy (non-hydrogen) atoms. The molecule has 2 aliphatic rings. The van der Waals surface area contributed by atoms with E-state index in [0.717, 1.165) is 74.1 Å². The molecule has 1 saturated carbocycles. The van der Waals surface area contributed by atoms with Crippen molar-refractivity contribution in [1.29, 1.82) is 0 Å². The van der Waals surface area contributed by atoms with Crippen molar-refractivity contribution in [3.05, 3.63) is 58.8 Å². The largest absolute Gasteiger partial charge is 0.480 e. The number of aromatic nitrogens is 1. The number of fused-ring (bicyclic) bond motifs is 1. The lowest BCUT2D eigenvalue weighted by molar-refractivity contribution is -0.142. The average molecular weight is 466 g/mol. The molecule has 2 aromatic rings. The Morgan fingerprint density at radius 2 is 2.00 bits per heavy atom. The SMILES string of the molecule is Cc1ccccc1C1(C(=O)NC(CCOCCCCc2ccc3c(n2)NCCC3)C(=O)O)CC1. The molecule has 2 heterocycles. The van der Waals surface area contributed by atoms with Gasteiger partial charge in [0.25, 0.3) is 0 Å². The van der Waals surface area contributed by atoms with Gasteiger partial charge in [0, 0.05) is 31.9 Å². The van der Waals surface area contributed by atoms with Crippen LogP contribution < -0.4 is 10.6 Å². The number of hydrogen-bond acceptors (Lipinski definition) is 5. The second-order valence-electron chi connectivity index (χ2n) is 9.46. The summed E-state index contributed by atoms with van der Waals surface area (Å²) < 4.78 is 5.68. The number of aryl methyl sites for hydroxylation is 3. The minimum atomic E-state index is -1.02. The van der Waals surface area contributed by atoms with E-state index < -0.39 is 17.4 Å². The number of nitrogens with zero attached hydrogens (tertiary/aromatic N) is 1. The molecule has 7 heteroatoms. The van der Waals surface area contributed by atoms with Crippen LogP contribution in [0.2, 0.25) is 0 Å². The van der Waals surface area contributed by atoms with E-state index in [9.17, 15) is 14.7 Å². The fourth-order valence-corrected chi connectivity index (χ4v) is 4.73. The van der Waals surface area contributed by atoms with Crippen LogP contribution in [0.4, 0.5) is 5.82 Å². The standard InChI is InChI=1S/C27H35N3O4/c1-19-7-2-3-10-22(19)27(14-15-27)26(33)30-23(25(31)32)13-18-34-17-5-4-9-21-12-11-20-8-6-16-28-24(20)29-21/h2-3,7,10-12,23H,4-6,8-9,13-18H2,1H3,(H,28,29)(H,30,33)(H,31,32). The van der Waals surface area contributed by atoms with Crippen molar-refractivity contribution in [3.63, 3.8) is 0 Å². The average Bonchev–Trinajstić information content (AvgIpc) is 3.64. The van der Waals surface area contributed by atoms with Gasteiger partial charge in [-0.2, -0.15) is 0 Å². The summed E-state index contributed by atoms with van der Waals surface area (Å²) in [7, 11) is 0. The number of nitrogens with one attached hydrogen (secondary N) is 2. The van der Waals surface area contributed by atoms with Crippen LogP contribution in [0.1, 0.15) is 60.9 Å². The Morgan fingerprint density at radius 1 is 1.18 bits per heavy atom. The summed E-state index contributed by atoms with van der Waals surface area (Å²) in [5, 5.41) is 15.7. The highest BCUT2D eigenvalue weighted by molar-refractivity contribution is 5.94. The number of benzene rings is 1. The smallest absolute Gasteiger partial charge is 0.326 e. The number of ether oxygens (including phenoxy) is 1. The molecular weight excluding hydrogens is 430 g/mol. The fraction of sp³-hybridized carbons (Fsp3) is 0.519. The van der Waals surface area contributed by atoms with Crippen molar-refractivity contribution in [1.82, 2.24) is 10.3 Å². The first-order chi connectivity index (χ1) is 16.5. The second-order valence-corrected chi connectivity index (χ2v) is 9.46. The van der Waals surface area contributed by atoms with Gasteiger partial charge in [0.1, 0.15) is 11.9 Å². The number of carbonyl (C=O) groups excluding carboxylic acids is 1. The van der Waals surface area contributed by atoms with Crippen LogP contribution >= 0.6 is 0 Å². The normalized spacial score (nSPS) is 16.7. The monoisotopic (exact) mass is 465 g/mol. The van der Waals surface area contributed by atoms with E-state index in [0.29, 0.717) is 13.2 Å². The summed E-state index contributed by atoms with van der Waals surface area (Å²) in [5.74, 6) is -0.192. The van der Waals surface area contributed by atoms with Crippen LogP contribution in [0, 0.1) is 6.92 Å². The molecule has 182 valence electrons. The molecule has 0 spiro atoms. The molecule has 1 fully saturated rings. The van der Waals surface area contributed by atoms with Gasteiger partial charge in [0.2, 0.25) is 5.91 Å². The maximum atomic E-state index is 13.0. The van der Waals surface area contributed by atoms with Gasteiger partial charge >= 0.3 is 5.97 Å². The van der Waals surface area contributed by atoms with Crippen LogP contribution in [0.15, 0.2) is 36.4 Å². The predicted octanol–water partition coefficient (Wildman–Crippen LogP) is 3.78. The van der Waals surface area contributed by atoms with Gasteiger partial charge in [-0.05, 0) is 74.6 Å². The number of aliphatic carboxylic acids is 1. The zero-order chi connectivity index (χ0) is 24.0. The van der Waals surface area contributed by atoms with Crippen molar-refractivity contribution in [3.8, 4) is 0 Å². The summed E-state index contributed by atoms with van der Waals surface area (Å²) in [4.78, 5) is 29.4. The number of carbonyl (C=O) groups is 2. The molecule has 7 nitrogen and oxygen atoms in total. The Bertz CT molecular complexity index is 1020. The molecule has 0 bridgehead atoms. The minimum Gasteiger partial charge on any atom is -0.480 e. The Balaban J connectivity index is 1.16. The number of unbranched alkanes of at least 4 members (excludes halogenated alkanes) is 1. The second kappa shape index (κ2) is 11.0. The molecule has 1 aliphatic heterocycles. The Morgan fingerprint density at radius 3 is 2.76 bits per heavy atom. The summed E-state index contributed by atoms with van der Waals surface area (Å²) >= 11 is 0. The predicted molar refractivity (Wildman–Crippen MR) is 131 cm³/mol. The van der Waals surface area contributed by atoms with Crippen LogP contribution in [0.5, 0.6) is 0 Å². The van der Waals surface area contributed by atoms with Gasteiger partial charge in [0.05, 0.1) is 5.41 Å². The van der Waals surface area contributed by atoms with Crippen LogP contribution in [-0.4, -0.2) is 47.8 Å². The van der Waals surface area contributed by atoms with Crippen molar-refractivity contribution in [2.24, 2.45) is 0 Å². The summed E-state index contributed by atoms with van der Waals surface area (Å²) in [6.45, 7) is 3.85. The zero-order valence-corrected chi connectivity index (χ0v) is 19.9. The molecule has 1 aromatic carbocycles. The summed E-state index contributed by atoms with van der Waals surface area (Å²) in [5.41, 5.74) is 3.86. The number of amides is 1. The van der Waals surface area contributed by atoms with E-state index in [1.165, 1.54) is 5.56 Å². The molecule has 1 unspecified atom stereocenters. The third kappa shape index (κ3) is 5.76. The highest BCUT2D eigenvalue weighted by Gasteiger charge is 2.52. The zero-order valence-electron chi connectivity index (χ0n) is 19.9. The number of carboxylic acid groups (broad SMARTS) is 1. The molecule has 0 radical (unpaired) electrons. The highest BCUT2D eigenvalue weighted by atomic mass is 16.5. The molecule has 1 atom stereocenters. The van der Waals surface area contributed by atoms with Gasteiger partial charge in [-0.15, -0.1) is 0 Å². The van der Waals surface area contributed by atoms with Gasteiger partial charge in [0.15, 0.2) is 0 Å². The molecule has 1 aliphatic carbocycles.